The Kier molecular flexibility index (Phi) is 6.61. The Labute approximate surface area is 127 Å². The van der Waals surface area contributed by atoms with Gasteiger partial charge in [-0.05, 0) is 31.5 Å². The van der Waals surface area contributed by atoms with Gasteiger partial charge in [-0.1, -0.05) is 12.1 Å². The molecule has 1 aromatic rings. The van der Waals surface area contributed by atoms with Crippen LogP contribution < -0.4 is 0 Å². The molecular formula is C14H17F3NO3P. The van der Waals surface area contributed by atoms with Gasteiger partial charge < -0.3 is 9.05 Å². The van der Waals surface area contributed by atoms with Gasteiger partial charge in [0.05, 0.1) is 36.9 Å². The molecule has 0 saturated heterocycles. The molecule has 0 spiro atoms. The molecule has 0 aliphatic carbocycles. The summed E-state index contributed by atoms with van der Waals surface area (Å²) in [5.41, 5.74) is -1.41. The van der Waals surface area contributed by atoms with Crippen molar-refractivity contribution in [3.63, 3.8) is 0 Å². The number of benzene rings is 1. The second-order valence-electron chi connectivity index (χ2n) is 4.37. The van der Waals surface area contributed by atoms with Gasteiger partial charge in [0.2, 0.25) is 0 Å². The van der Waals surface area contributed by atoms with Crippen molar-refractivity contribution in [3.8, 4) is 6.07 Å². The standard InChI is InChI=1S/C14H17F3NO3P/c1-3-20-22(19,21-4-2)13(9-10-18)11-5-7-12(8-6-11)14(15,16)17/h5-8,13H,3-4,9H2,1-2H3/t13-/m0/s1. The van der Waals surface area contributed by atoms with Crippen LogP contribution in [-0.2, 0) is 19.8 Å². The van der Waals surface area contributed by atoms with Crippen LogP contribution in [0.3, 0.4) is 0 Å². The summed E-state index contributed by atoms with van der Waals surface area (Å²) >= 11 is 0. The van der Waals surface area contributed by atoms with Gasteiger partial charge in [0.15, 0.2) is 0 Å². The van der Waals surface area contributed by atoms with Crippen LogP contribution in [0.5, 0.6) is 0 Å². The van der Waals surface area contributed by atoms with Gasteiger partial charge in [-0.3, -0.25) is 4.57 Å². The molecule has 0 fully saturated rings. The predicted molar refractivity (Wildman–Crippen MR) is 75.3 cm³/mol. The van der Waals surface area contributed by atoms with Crippen LogP contribution in [-0.4, -0.2) is 13.2 Å². The topological polar surface area (TPSA) is 59.3 Å². The molecule has 0 aliphatic rings. The van der Waals surface area contributed by atoms with Crippen LogP contribution in [0.25, 0.3) is 0 Å². The van der Waals surface area contributed by atoms with E-state index in [1.807, 2.05) is 6.07 Å². The van der Waals surface area contributed by atoms with Crippen molar-refractivity contribution in [1.82, 2.24) is 0 Å². The van der Waals surface area contributed by atoms with Crippen LogP contribution in [0.15, 0.2) is 24.3 Å². The zero-order chi connectivity index (χ0) is 16.8. The summed E-state index contributed by atoms with van der Waals surface area (Å²) < 4.78 is 60.9. The van der Waals surface area contributed by atoms with Gasteiger partial charge in [-0.15, -0.1) is 0 Å². The van der Waals surface area contributed by atoms with Crippen LogP contribution in [0.4, 0.5) is 13.2 Å². The molecule has 0 N–H and O–H groups in total. The monoisotopic (exact) mass is 335 g/mol. The van der Waals surface area contributed by atoms with Gasteiger partial charge in [0.25, 0.3) is 0 Å². The van der Waals surface area contributed by atoms with Crippen LogP contribution in [0.2, 0.25) is 0 Å². The molecule has 8 heteroatoms. The van der Waals surface area contributed by atoms with E-state index in [0.717, 1.165) is 12.1 Å². The average molecular weight is 335 g/mol. The highest BCUT2D eigenvalue weighted by atomic mass is 31.2. The van der Waals surface area contributed by atoms with Crippen molar-refractivity contribution in [2.75, 3.05) is 13.2 Å². The third-order valence-corrected chi connectivity index (χ3v) is 5.39. The normalized spacial score (nSPS) is 13.6. The Bertz CT molecular complexity index is 556. The fourth-order valence-electron chi connectivity index (χ4n) is 1.97. The van der Waals surface area contributed by atoms with Gasteiger partial charge in [-0.25, -0.2) is 0 Å². The van der Waals surface area contributed by atoms with Crippen molar-refractivity contribution >= 4 is 7.60 Å². The summed E-state index contributed by atoms with van der Waals surface area (Å²) in [6.45, 7) is 3.48. The van der Waals surface area contributed by atoms with Crippen molar-refractivity contribution in [2.45, 2.75) is 32.1 Å². The Morgan fingerprint density at radius 2 is 1.68 bits per heavy atom. The zero-order valence-corrected chi connectivity index (χ0v) is 13.2. The van der Waals surface area contributed by atoms with E-state index in [2.05, 4.69) is 0 Å². The average Bonchev–Trinajstić information content (AvgIpc) is 2.44. The minimum atomic E-state index is -4.45. The molecule has 22 heavy (non-hydrogen) atoms. The number of hydrogen-bond acceptors (Lipinski definition) is 4. The highest BCUT2D eigenvalue weighted by molar-refractivity contribution is 7.54. The highest BCUT2D eigenvalue weighted by Crippen LogP contribution is 2.62. The van der Waals surface area contributed by atoms with Gasteiger partial charge >= 0.3 is 13.8 Å². The van der Waals surface area contributed by atoms with Crippen LogP contribution >= 0.6 is 7.60 Å². The SMILES string of the molecule is CCOP(=O)(OCC)[C@@H](CC#N)c1ccc(C(F)(F)F)cc1. The molecular weight excluding hydrogens is 318 g/mol. The van der Waals surface area contributed by atoms with E-state index in [1.54, 1.807) is 13.8 Å². The smallest absolute Gasteiger partial charge is 0.308 e. The molecule has 122 valence electrons. The summed E-state index contributed by atoms with van der Waals surface area (Å²) in [5.74, 6) is 0. The lowest BCUT2D eigenvalue weighted by Crippen LogP contribution is -2.08. The zero-order valence-electron chi connectivity index (χ0n) is 12.3. The second kappa shape index (κ2) is 7.77. The molecule has 0 amide bonds. The summed E-state index contributed by atoms with van der Waals surface area (Å²) in [4.78, 5) is 0. The lowest BCUT2D eigenvalue weighted by molar-refractivity contribution is -0.137. The third kappa shape index (κ3) is 4.57. The molecule has 0 unspecified atom stereocenters. The Balaban J connectivity index is 3.19. The first-order valence-corrected chi connectivity index (χ1v) is 8.32. The number of nitrogens with zero attached hydrogens (tertiary/aromatic N) is 1. The third-order valence-electron chi connectivity index (χ3n) is 2.91. The largest absolute Gasteiger partial charge is 0.416 e. The fourth-order valence-corrected chi connectivity index (χ4v) is 3.97. The van der Waals surface area contributed by atoms with E-state index in [9.17, 15) is 17.7 Å². The van der Waals surface area contributed by atoms with Crippen molar-refractivity contribution < 1.29 is 26.8 Å². The number of nitriles is 1. The Morgan fingerprint density at radius 1 is 1.18 bits per heavy atom. The molecule has 0 radical (unpaired) electrons. The molecule has 4 nitrogen and oxygen atoms in total. The molecule has 0 saturated carbocycles. The number of alkyl halides is 3. The van der Waals surface area contributed by atoms with Crippen LogP contribution in [0, 0.1) is 11.3 Å². The van der Waals surface area contributed by atoms with E-state index < -0.39 is 25.0 Å². The van der Waals surface area contributed by atoms with Crippen molar-refractivity contribution in [1.29, 1.82) is 5.26 Å². The maximum atomic E-state index is 12.8. The maximum absolute atomic E-state index is 12.8. The predicted octanol–water partition coefficient (Wildman–Crippen LogP) is 4.93. The molecule has 0 bridgehead atoms. The lowest BCUT2D eigenvalue weighted by Gasteiger charge is -2.25. The lowest BCUT2D eigenvalue weighted by atomic mass is 10.1. The first kappa shape index (κ1) is 18.7. The van der Waals surface area contributed by atoms with E-state index in [0.29, 0.717) is 5.56 Å². The van der Waals surface area contributed by atoms with Crippen LogP contribution in [0.1, 0.15) is 37.1 Å². The first-order chi connectivity index (χ1) is 10.3. The summed E-state index contributed by atoms with van der Waals surface area (Å²) in [6.07, 6.45) is -4.63. The summed E-state index contributed by atoms with van der Waals surface area (Å²) in [7, 11) is -3.63. The molecule has 0 aromatic heterocycles. The molecule has 1 atom stereocenters. The fraction of sp³-hybridized carbons (Fsp3) is 0.500. The van der Waals surface area contributed by atoms with E-state index >= 15 is 0 Å². The Morgan fingerprint density at radius 3 is 2.05 bits per heavy atom. The van der Waals surface area contributed by atoms with Crippen molar-refractivity contribution in [3.05, 3.63) is 35.4 Å². The van der Waals surface area contributed by atoms with E-state index in [4.69, 9.17) is 14.3 Å². The molecule has 0 aliphatic heterocycles. The summed E-state index contributed by atoms with van der Waals surface area (Å²) in [5, 5.41) is 8.92. The molecule has 0 heterocycles. The highest BCUT2D eigenvalue weighted by Gasteiger charge is 2.37. The first-order valence-electron chi connectivity index (χ1n) is 6.71. The number of hydrogen-bond donors (Lipinski definition) is 0. The molecule has 1 rings (SSSR count). The summed E-state index contributed by atoms with van der Waals surface area (Å²) in [6, 6.07) is 6.07. The minimum Gasteiger partial charge on any atom is -0.308 e. The maximum Gasteiger partial charge on any atom is 0.416 e. The van der Waals surface area contributed by atoms with E-state index in [-0.39, 0.29) is 19.6 Å². The Hall–Kier alpha value is -1.35. The quantitative estimate of drug-likeness (QED) is 0.663. The second-order valence-corrected chi connectivity index (χ2v) is 6.59. The van der Waals surface area contributed by atoms with Gasteiger partial charge in [0.1, 0.15) is 0 Å². The van der Waals surface area contributed by atoms with Gasteiger partial charge in [-0.2, -0.15) is 18.4 Å². The van der Waals surface area contributed by atoms with Gasteiger partial charge in [0, 0.05) is 0 Å². The van der Waals surface area contributed by atoms with Crippen molar-refractivity contribution in [2.24, 2.45) is 0 Å². The number of rotatable bonds is 7. The minimum absolute atomic E-state index is 0.111. The molecule has 1 aromatic carbocycles. The number of halogens is 3. The van der Waals surface area contributed by atoms with E-state index in [1.165, 1.54) is 12.1 Å².